The van der Waals surface area contributed by atoms with Gasteiger partial charge in [0.2, 0.25) is 0 Å². The van der Waals surface area contributed by atoms with Crippen LogP contribution in [-0.4, -0.2) is 0 Å². The van der Waals surface area contributed by atoms with Gasteiger partial charge in [-0.05, 0) is 112 Å². The van der Waals surface area contributed by atoms with Crippen LogP contribution >= 0.6 is 0 Å². The molecule has 206 valence electrons. The van der Waals surface area contributed by atoms with Gasteiger partial charge in [0.05, 0.1) is 0 Å². The number of hydrogen-bond acceptors (Lipinski definition) is 0. The van der Waals surface area contributed by atoms with E-state index in [-0.39, 0.29) is 0 Å². The Hall–Kier alpha value is -5.46. The van der Waals surface area contributed by atoms with Crippen LogP contribution in [0.25, 0.3) is 87.9 Å². The van der Waals surface area contributed by atoms with Gasteiger partial charge in [0.15, 0.2) is 0 Å². The zero-order valence-electron chi connectivity index (χ0n) is 24.9. The van der Waals surface area contributed by atoms with Crippen LogP contribution in [0.3, 0.4) is 0 Å². The monoisotopic (exact) mass is 558 g/mol. The molecule has 9 aromatic rings. The minimum Gasteiger partial charge on any atom is -0.0610 e. The Balaban J connectivity index is 1.08. The molecule has 9 rings (SSSR count). The SMILES string of the molecule is C/C(=C\c1ccc2ccc3cccc4ccc1c2c34)c1ccc(/C(C)=C/c2ccc3ccc4cccc5ccc2c3c45)cc1. The van der Waals surface area contributed by atoms with E-state index in [0.717, 1.165) is 0 Å². The smallest absolute Gasteiger partial charge is 0.00208 e. The average Bonchev–Trinajstić information content (AvgIpc) is 3.07. The zero-order valence-corrected chi connectivity index (χ0v) is 24.9. The predicted molar refractivity (Wildman–Crippen MR) is 194 cm³/mol. The highest BCUT2D eigenvalue weighted by atomic mass is 14.2. The standard InChI is InChI=1S/C44H30/c1-27(25-37-19-17-35-15-13-31-5-3-7-33-21-23-39(37)43(35)41(31)33)29-9-11-30(12-10-29)28(2)26-38-20-18-36-16-14-32-6-4-8-34-22-24-40(38)44(36)42(32)34/h3-26H,1-2H3/b27-25+,28-26+. The van der Waals surface area contributed by atoms with Crippen molar-refractivity contribution in [2.24, 2.45) is 0 Å². The molecule has 0 aliphatic heterocycles. The van der Waals surface area contributed by atoms with E-state index in [9.17, 15) is 0 Å². The van der Waals surface area contributed by atoms with Crippen LogP contribution in [0.2, 0.25) is 0 Å². The summed E-state index contributed by atoms with van der Waals surface area (Å²) in [5.41, 5.74) is 7.55. The molecule has 0 radical (unpaired) electrons. The van der Waals surface area contributed by atoms with E-state index in [0.29, 0.717) is 0 Å². The van der Waals surface area contributed by atoms with Gasteiger partial charge in [0.1, 0.15) is 0 Å². The quantitative estimate of drug-likeness (QED) is 0.149. The molecule has 0 heteroatoms. The third-order valence-corrected chi connectivity index (χ3v) is 9.66. The lowest BCUT2D eigenvalue weighted by Gasteiger charge is -2.13. The zero-order chi connectivity index (χ0) is 29.4. The molecule has 0 saturated heterocycles. The molecule has 0 amide bonds. The summed E-state index contributed by atoms with van der Waals surface area (Å²) >= 11 is 0. The van der Waals surface area contributed by atoms with Gasteiger partial charge in [-0.25, -0.2) is 0 Å². The molecule has 9 aromatic carbocycles. The minimum atomic E-state index is 1.25. The van der Waals surface area contributed by atoms with Crippen LogP contribution in [0.5, 0.6) is 0 Å². The lowest BCUT2D eigenvalue weighted by Crippen LogP contribution is -1.88. The second-order valence-electron chi connectivity index (χ2n) is 12.3. The highest BCUT2D eigenvalue weighted by molar-refractivity contribution is 6.25. The molecule has 0 nitrogen and oxygen atoms in total. The van der Waals surface area contributed by atoms with E-state index in [1.54, 1.807) is 0 Å². The molecule has 0 fully saturated rings. The van der Waals surface area contributed by atoms with E-state index in [1.165, 1.54) is 98.0 Å². The van der Waals surface area contributed by atoms with Gasteiger partial charge in [0, 0.05) is 0 Å². The molecule has 0 bridgehead atoms. The summed E-state index contributed by atoms with van der Waals surface area (Å²) in [6, 6.07) is 49.4. The highest BCUT2D eigenvalue weighted by Gasteiger charge is 2.12. The molecule has 0 heterocycles. The normalized spacial score (nSPS) is 13.0. The number of allylic oxidation sites excluding steroid dienone is 2. The Morgan fingerprint density at radius 1 is 0.341 bits per heavy atom. The molecule has 44 heavy (non-hydrogen) atoms. The first-order chi connectivity index (χ1) is 21.6. The van der Waals surface area contributed by atoms with Crippen molar-refractivity contribution in [2.45, 2.75) is 13.8 Å². The Labute approximate surface area is 256 Å². The topological polar surface area (TPSA) is 0 Å². The fraction of sp³-hybridized carbons (Fsp3) is 0.0455. The van der Waals surface area contributed by atoms with Crippen molar-refractivity contribution < 1.29 is 0 Å². The number of rotatable bonds is 4. The first kappa shape index (κ1) is 25.1. The van der Waals surface area contributed by atoms with Crippen molar-refractivity contribution in [2.75, 3.05) is 0 Å². The van der Waals surface area contributed by atoms with E-state index in [1.807, 2.05) is 0 Å². The summed E-state index contributed by atoms with van der Waals surface area (Å²) in [5.74, 6) is 0. The van der Waals surface area contributed by atoms with Gasteiger partial charge < -0.3 is 0 Å². The molecule has 0 aromatic heterocycles. The van der Waals surface area contributed by atoms with Gasteiger partial charge in [-0.1, -0.05) is 146 Å². The molecule has 0 atom stereocenters. The molecular formula is C44H30. The highest BCUT2D eigenvalue weighted by Crippen LogP contribution is 2.38. The molecule has 0 N–H and O–H groups in total. The fourth-order valence-electron chi connectivity index (χ4n) is 7.40. The average molecular weight is 559 g/mol. The van der Waals surface area contributed by atoms with Crippen LogP contribution in [-0.2, 0) is 0 Å². The van der Waals surface area contributed by atoms with Crippen LogP contribution in [0, 0.1) is 0 Å². The van der Waals surface area contributed by atoms with Crippen molar-refractivity contribution in [3.05, 3.63) is 156 Å². The maximum absolute atomic E-state index is 2.34. The number of hydrogen-bond donors (Lipinski definition) is 0. The summed E-state index contributed by atoms with van der Waals surface area (Å²) in [4.78, 5) is 0. The van der Waals surface area contributed by atoms with Crippen molar-refractivity contribution in [3.63, 3.8) is 0 Å². The molecule has 0 aliphatic rings. The summed E-state index contributed by atoms with van der Waals surface area (Å²) in [7, 11) is 0. The molecular weight excluding hydrogens is 528 g/mol. The van der Waals surface area contributed by atoms with Crippen molar-refractivity contribution >= 4 is 87.9 Å². The number of benzene rings is 9. The van der Waals surface area contributed by atoms with Crippen molar-refractivity contribution in [1.82, 2.24) is 0 Å². The van der Waals surface area contributed by atoms with E-state index in [4.69, 9.17) is 0 Å². The van der Waals surface area contributed by atoms with Crippen molar-refractivity contribution in [3.8, 4) is 0 Å². The summed E-state index contributed by atoms with van der Waals surface area (Å²) in [6.45, 7) is 4.45. The lowest BCUT2D eigenvalue weighted by atomic mass is 9.90. The summed E-state index contributed by atoms with van der Waals surface area (Å²) in [5, 5.41) is 15.9. The predicted octanol–water partition coefficient (Wildman–Crippen LogP) is 12.6. The molecule has 0 saturated carbocycles. The Morgan fingerprint density at radius 2 is 0.659 bits per heavy atom. The van der Waals surface area contributed by atoms with Gasteiger partial charge in [-0.3, -0.25) is 0 Å². The van der Waals surface area contributed by atoms with Gasteiger partial charge in [-0.2, -0.15) is 0 Å². The lowest BCUT2D eigenvalue weighted by molar-refractivity contribution is 1.52. The first-order valence-corrected chi connectivity index (χ1v) is 15.4. The molecule has 0 unspecified atom stereocenters. The van der Waals surface area contributed by atoms with E-state index in [2.05, 4.69) is 159 Å². The Kier molecular flexibility index (Phi) is 5.43. The third kappa shape index (κ3) is 3.78. The van der Waals surface area contributed by atoms with Crippen LogP contribution in [0.4, 0.5) is 0 Å². The van der Waals surface area contributed by atoms with Crippen LogP contribution < -0.4 is 0 Å². The van der Waals surface area contributed by atoms with Crippen molar-refractivity contribution in [1.29, 1.82) is 0 Å². The second kappa shape index (κ2) is 9.53. The fourth-order valence-corrected chi connectivity index (χ4v) is 7.40. The largest absolute Gasteiger partial charge is 0.0610 e. The van der Waals surface area contributed by atoms with Gasteiger partial charge in [0.25, 0.3) is 0 Å². The summed E-state index contributed by atoms with van der Waals surface area (Å²) < 4.78 is 0. The van der Waals surface area contributed by atoms with E-state index >= 15 is 0 Å². The summed E-state index contributed by atoms with van der Waals surface area (Å²) in [6.07, 6.45) is 4.68. The Bertz CT molecular complexity index is 2380. The Morgan fingerprint density at radius 3 is 1.05 bits per heavy atom. The molecule has 0 aliphatic carbocycles. The van der Waals surface area contributed by atoms with E-state index < -0.39 is 0 Å². The first-order valence-electron chi connectivity index (χ1n) is 15.4. The van der Waals surface area contributed by atoms with Crippen LogP contribution in [0.15, 0.2) is 133 Å². The van der Waals surface area contributed by atoms with Crippen LogP contribution in [0.1, 0.15) is 36.1 Å². The maximum Gasteiger partial charge on any atom is -0.00208 e. The van der Waals surface area contributed by atoms with Gasteiger partial charge in [-0.15, -0.1) is 0 Å². The second-order valence-corrected chi connectivity index (χ2v) is 12.3. The third-order valence-electron chi connectivity index (χ3n) is 9.66. The minimum absolute atomic E-state index is 1.25. The maximum atomic E-state index is 2.34. The molecule has 0 spiro atoms. The van der Waals surface area contributed by atoms with Gasteiger partial charge >= 0.3 is 0 Å².